The normalized spacial score (nSPS) is 11.3. The summed E-state index contributed by atoms with van der Waals surface area (Å²) in [5.41, 5.74) is 1.18. The van der Waals surface area contributed by atoms with E-state index in [0.717, 1.165) is 10.6 Å². The van der Waals surface area contributed by atoms with E-state index < -0.39 is 0 Å². The Morgan fingerprint density at radius 1 is 1.18 bits per heavy atom. The van der Waals surface area contributed by atoms with Crippen LogP contribution >= 0.6 is 22.9 Å². The summed E-state index contributed by atoms with van der Waals surface area (Å²) < 4.78 is 4.37. The number of imidazole rings is 1. The lowest BCUT2D eigenvalue weighted by Crippen LogP contribution is -2.24. The highest BCUT2D eigenvalue weighted by molar-refractivity contribution is 7.12. The highest BCUT2D eigenvalue weighted by Crippen LogP contribution is 2.13. The first-order valence-electron chi connectivity index (χ1n) is 6.40. The van der Waals surface area contributed by atoms with Gasteiger partial charge in [0.2, 0.25) is 0 Å². The Labute approximate surface area is 133 Å². The van der Waals surface area contributed by atoms with Crippen molar-refractivity contribution in [3.63, 3.8) is 0 Å². The van der Waals surface area contributed by atoms with E-state index in [9.17, 15) is 4.79 Å². The molecule has 0 N–H and O–H groups in total. The molecule has 9 heteroatoms. The van der Waals surface area contributed by atoms with Gasteiger partial charge in [-0.1, -0.05) is 11.6 Å². The molecule has 0 aliphatic carbocycles. The van der Waals surface area contributed by atoms with E-state index in [4.69, 9.17) is 11.6 Å². The van der Waals surface area contributed by atoms with Crippen molar-refractivity contribution >= 4 is 28.6 Å². The van der Waals surface area contributed by atoms with E-state index in [2.05, 4.69) is 15.4 Å². The zero-order chi connectivity index (χ0) is 15.1. The molecule has 0 aliphatic heterocycles. The van der Waals surface area contributed by atoms with Gasteiger partial charge in [-0.2, -0.15) is 9.36 Å². The van der Waals surface area contributed by atoms with Crippen LogP contribution in [0, 0.1) is 0 Å². The summed E-state index contributed by atoms with van der Waals surface area (Å²) in [5.74, 6) is 0. The van der Waals surface area contributed by atoms with Crippen LogP contribution in [0.4, 0.5) is 0 Å². The third-order valence-corrected chi connectivity index (χ3v) is 4.20. The Bertz CT molecular complexity index is 999. The second-order valence-electron chi connectivity index (χ2n) is 4.63. The van der Waals surface area contributed by atoms with Crippen LogP contribution in [0.15, 0.2) is 46.8 Å². The first kappa shape index (κ1) is 13.2. The summed E-state index contributed by atoms with van der Waals surface area (Å²) >= 11 is 7.37. The van der Waals surface area contributed by atoms with Gasteiger partial charge in [0.15, 0.2) is 0 Å². The molecule has 0 spiro atoms. The third kappa shape index (κ3) is 2.22. The number of halogens is 1. The summed E-state index contributed by atoms with van der Waals surface area (Å²) in [7, 11) is 0. The third-order valence-electron chi connectivity index (χ3n) is 3.13. The highest BCUT2D eigenvalue weighted by Gasteiger charge is 2.11. The SMILES string of the molecule is O=c1n(Cc2cn3cc(Cl)ccc3n2)nnn1-c1cccs1. The molecule has 4 aromatic heterocycles. The number of hydrogen-bond donors (Lipinski definition) is 0. The zero-order valence-corrected chi connectivity index (χ0v) is 12.7. The van der Waals surface area contributed by atoms with Gasteiger partial charge in [-0.3, -0.25) is 0 Å². The number of hydrogen-bond acceptors (Lipinski definition) is 5. The number of tetrazole rings is 1. The molecule has 0 atom stereocenters. The maximum absolute atomic E-state index is 12.3. The van der Waals surface area contributed by atoms with Gasteiger partial charge >= 0.3 is 5.69 Å². The van der Waals surface area contributed by atoms with E-state index in [0.29, 0.717) is 10.7 Å². The molecule has 0 fully saturated rings. The van der Waals surface area contributed by atoms with Crippen LogP contribution in [0.5, 0.6) is 0 Å². The molecule has 0 saturated carbocycles. The fourth-order valence-electron chi connectivity index (χ4n) is 2.15. The Balaban J connectivity index is 1.69. The largest absolute Gasteiger partial charge is 0.369 e. The summed E-state index contributed by atoms with van der Waals surface area (Å²) in [6.45, 7) is 0.253. The average Bonchev–Trinajstić information content (AvgIpc) is 3.20. The van der Waals surface area contributed by atoms with Gasteiger partial charge in [-0.25, -0.2) is 9.78 Å². The number of nitrogens with zero attached hydrogens (tertiary/aromatic N) is 6. The van der Waals surface area contributed by atoms with Crippen LogP contribution in [0.1, 0.15) is 5.69 Å². The van der Waals surface area contributed by atoms with Gasteiger partial charge in [-0.15, -0.1) is 11.3 Å². The molecule has 7 nitrogen and oxygen atoms in total. The van der Waals surface area contributed by atoms with Gasteiger partial charge in [0.1, 0.15) is 10.6 Å². The van der Waals surface area contributed by atoms with Crippen molar-refractivity contribution in [2.45, 2.75) is 6.54 Å². The average molecular weight is 333 g/mol. The van der Waals surface area contributed by atoms with Crippen molar-refractivity contribution in [1.82, 2.24) is 29.2 Å². The van der Waals surface area contributed by atoms with Gasteiger partial charge in [0.25, 0.3) is 0 Å². The van der Waals surface area contributed by atoms with Crippen molar-refractivity contribution in [3.8, 4) is 5.00 Å². The van der Waals surface area contributed by atoms with Crippen molar-refractivity contribution in [1.29, 1.82) is 0 Å². The van der Waals surface area contributed by atoms with E-state index in [1.54, 1.807) is 12.3 Å². The second kappa shape index (κ2) is 5.08. The predicted molar refractivity (Wildman–Crippen MR) is 82.8 cm³/mol. The molecule has 0 saturated heterocycles. The minimum Gasteiger partial charge on any atom is -0.305 e. The molecular weight excluding hydrogens is 324 g/mol. The Morgan fingerprint density at radius 3 is 2.91 bits per heavy atom. The molecule has 0 aliphatic rings. The maximum atomic E-state index is 12.3. The van der Waals surface area contributed by atoms with Crippen LogP contribution in [-0.2, 0) is 6.54 Å². The minimum absolute atomic E-state index is 0.253. The molecule has 4 rings (SSSR count). The van der Waals surface area contributed by atoms with Crippen LogP contribution in [-0.4, -0.2) is 29.2 Å². The fourth-order valence-corrected chi connectivity index (χ4v) is 2.99. The molecule has 0 radical (unpaired) electrons. The monoisotopic (exact) mass is 332 g/mol. The lowest BCUT2D eigenvalue weighted by Gasteiger charge is -1.93. The molecule has 22 heavy (non-hydrogen) atoms. The topological polar surface area (TPSA) is 70.0 Å². The number of thiophene rings is 1. The summed E-state index contributed by atoms with van der Waals surface area (Å²) in [5, 5.41) is 11.0. The predicted octanol–water partition coefficient (Wildman–Crippen LogP) is 1.84. The number of pyridine rings is 1. The van der Waals surface area contributed by atoms with E-state index in [-0.39, 0.29) is 12.2 Å². The first-order chi connectivity index (χ1) is 10.7. The van der Waals surface area contributed by atoms with Crippen molar-refractivity contribution in [3.05, 3.63) is 63.2 Å². The number of rotatable bonds is 3. The van der Waals surface area contributed by atoms with Crippen LogP contribution in [0.2, 0.25) is 5.02 Å². The van der Waals surface area contributed by atoms with Crippen molar-refractivity contribution < 1.29 is 0 Å². The molecule has 4 heterocycles. The van der Waals surface area contributed by atoms with Gasteiger partial charge in [0, 0.05) is 12.4 Å². The quantitative estimate of drug-likeness (QED) is 0.574. The van der Waals surface area contributed by atoms with E-state index in [1.807, 2.05) is 34.2 Å². The molecular formula is C13H9ClN6OS. The standard InChI is InChI=1S/C13H9ClN6OS/c14-9-3-4-11-15-10(7-18(11)6-9)8-19-13(21)20(17-16-19)12-2-1-5-22-12/h1-7H,8H2. The molecule has 4 aromatic rings. The van der Waals surface area contributed by atoms with E-state index >= 15 is 0 Å². The van der Waals surface area contributed by atoms with Gasteiger partial charge in [-0.05, 0) is 40.1 Å². The van der Waals surface area contributed by atoms with Gasteiger partial charge < -0.3 is 4.40 Å². The lowest BCUT2D eigenvalue weighted by molar-refractivity contribution is 0.624. The van der Waals surface area contributed by atoms with Crippen LogP contribution < -0.4 is 5.69 Å². The highest BCUT2D eigenvalue weighted by atomic mass is 35.5. The van der Waals surface area contributed by atoms with E-state index in [1.165, 1.54) is 20.7 Å². The van der Waals surface area contributed by atoms with Crippen molar-refractivity contribution in [2.75, 3.05) is 0 Å². The fraction of sp³-hybridized carbons (Fsp3) is 0.0769. The minimum atomic E-state index is -0.294. The second-order valence-corrected chi connectivity index (χ2v) is 5.99. The molecule has 0 aromatic carbocycles. The van der Waals surface area contributed by atoms with Crippen molar-refractivity contribution in [2.24, 2.45) is 0 Å². The summed E-state index contributed by atoms with van der Waals surface area (Å²) in [4.78, 5) is 16.7. The summed E-state index contributed by atoms with van der Waals surface area (Å²) in [6, 6.07) is 7.26. The Hall–Kier alpha value is -2.45. The lowest BCUT2D eigenvalue weighted by atomic mass is 10.5. The smallest absolute Gasteiger partial charge is 0.305 e. The Morgan fingerprint density at radius 2 is 2.09 bits per heavy atom. The molecule has 110 valence electrons. The van der Waals surface area contributed by atoms with Gasteiger partial charge in [0.05, 0.1) is 17.3 Å². The number of aromatic nitrogens is 6. The molecule has 0 bridgehead atoms. The Kier molecular flexibility index (Phi) is 3.05. The summed E-state index contributed by atoms with van der Waals surface area (Å²) in [6.07, 6.45) is 3.58. The molecule has 0 unspecified atom stereocenters. The first-order valence-corrected chi connectivity index (χ1v) is 7.66. The number of fused-ring (bicyclic) bond motifs is 1. The molecule has 0 amide bonds. The maximum Gasteiger partial charge on any atom is 0.369 e. The van der Waals surface area contributed by atoms with Crippen LogP contribution in [0.3, 0.4) is 0 Å². The zero-order valence-electron chi connectivity index (χ0n) is 11.1. The van der Waals surface area contributed by atoms with Crippen LogP contribution in [0.25, 0.3) is 10.6 Å².